The molecule has 2 amide bonds. The number of methoxy groups -OCH3 is 1. The number of hydrogen-bond donors (Lipinski definition) is 2. The van der Waals surface area contributed by atoms with E-state index in [9.17, 15) is 14.4 Å². The monoisotopic (exact) mass is 347 g/mol. The highest BCUT2D eigenvalue weighted by Gasteiger charge is 2.33. The molecule has 1 unspecified atom stereocenters. The molecule has 1 saturated carbocycles. The van der Waals surface area contributed by atoms with E-state index in [2.05, 4.69) is 10.3 Å². The van der Waals surface area contributed by atoms with Gasteiger partial charge in [0.25, 0.3) is 5.91 Å². The summed E-state index contributed by atoms with van der Waals surface area (Å²) in [6.45, 7) is 4.53. The van der Waals surface area contributed by atoms with Gasteiger partial charge in [-0.25, -0.2) is 4.79 Å². The van der Waals surface area contributed by atoms with Crippen LogP contribution in [-0.2, 0) is 9.53 Å². The maximum Gasteiger partial charge on any atom is 0.339 e. The van der Waals surface area contributed by atoms with Crippen LogP contribution in [0.4, 0.5) is 0 Å². The van der Waals surface area contributed by atoms with Gasteiger partial charge in [-0.15, -0.1) is 0 Å². The third kappa shape index (κ3) is 3.55. The Morgan fingerprint density at radius 2 is 1.92 bits per heavy atom. The lowest BCUT2D eigenvalue weighted by atomic mass is 9.96. The SMILES string of the molecule is COC(=O)c1c(C)[nH]c(C(=O)N2CCCC(C(=O)NC3CC3)C2)c1C. The van der Waals surface area contributed by atoms with E-state index >= 15 is 0 Å². The molecule has 1 atom stereocenters. The molecule has 1 saturated heterocycles. The third-order valence-corrected chi connectivity index (χ3v) is 5.04. The molecule has 1 aliphatic heterocycles. The Bertz CT molecular complexity index is 705. The minimum Gasteiger partial charge on any atom is -0.465 e. The van der Waals surface area contributed by atoms with Crippen LogP contribution in [0.15, 0.2) is 0 Å². The van der Waals surface area contributed by atoms with E-state index in [-0.39, 0.29) is 17.7 Å². The Morgan fingerprint density at radius 1 is 1.20 bits per heavy atom. The smallest absolute Gasteiger partial charge is 0.339 e. The molecule has 2 N–H and O–H groups in total. The number of carbonyl (C=O) groups excluding carboxylic acids is 3. The zero-order chi connectivity index (χ0) is 18.1. The second-order valence-electron chi connectivity index (χ2n) is 6.99. The van der Waals surface area contributed by atoms with E-state index in [0.29, 0.717) is 41.6 Å². The first-order valence-corrected chi connectivity index (χ1v) is 8.79. The first-order chi connectivity index (χ1) is 11.9. The highest BCUT2D eigenvalue weighted by molar-refractivity contribution is 6.00. The second-order valence-corrected chi connectivity index (χ2v) is 6.99. The van der Waals surface area contributed by atoms with Crippen molar-refractivity contribution in [3.05, 3.63) is 22.5 Å². The van der Waals surface area contributed by atoms with Crippen LogP contribution < -0.4 is 5.32 Å². The third-order valence-electron chi connectivity index (χ3n) is 5.04. The molecule has 25 heavy (non-hydrogen) atoms. The summed E-state index contributed by atoms with van der Waals surface area (Å²) >= 11 is 0. The summed E-state index contributed by atoms with van der Waals surface area (Å²) in [4.78, 5) is 41.8. The molecule has 0 spiro atoms. The van der Waals surface area contributed by atoms with Crippen molar-refractivity contribution in [1.29, 1.82) is 0 Å². The van der Waals surface area contributed by atoms with Gasteiger partial charge in [0.1, 0.15) is 5.69 Å². The van der Waals surface area contributed by atoms with Gasteiger partial charge < -0.3 is 19.9 Å². The predicted molar refractivity (Wildman–Crippen MR) is 91.4 cm³/mol. The summed E-state index contributed by atoms with van der Waals surface area (Å²) in [6, 6.07) is 0.328. The number of aromatic nitrogens is 1. The molecule has 7 nitrogen and oxygen atoms in total. The minimum absolute atomic E-state index is 0.0506. The van der Waals surface area contributed by atoms with Gasteiger partial charge in [0.05, 0.1) is 18.6 Å². The number of aryl methyl sites for hydroxylation is 1. The Hall–Kier alpha value is -2.31. The topological polar surface area (TPSA) is 91.5 Å². The summed E-state index contributed by atoms with van der Waals surface area (Å²) < 4.78 is 4.79. The average Bonchev–Trinajstić information content (AvgIpc) is 3.37. The van der Waals surface area contributed by atoms with Crippen LogP contribution in [0.1, 0.15) is 57.8 Å². The van der Waals surface area contributed by atoms with Crippen molar-refractivity contribution in [3.8, 4) is 0 Å². The van der Waals surface area contributed by atoms with Crippen LogP contribution >= 0.6 is 0 Å². The van der Waals surface area contributed by atoms with E-state index in [1.807, 2.05) is 0 Å². The molecule has 136 valence electrons. The molecule has 2 aliphatic rings. The normalized spacial score (nSPS) is 20.3. The lowest BCUT2D eigenvalue weighted by Crippen LogP contribution is -2.46. The Labute approximate surface area is 147 Å². The van der Waals surface area contributed by atoms with E-state index in [0.717, 1.165) is 25.7 Å². The van der Waals surface area contributed by atoms with E-state index in [1.165, 1.54) is 7.11 Å². The molecule has 2 fully saturated rings. The molecule has 0 bridgehead atoms. The maximum atomic E-state index is 12.9. The van der Waals surface area contributed by atoms with E-state index in [4.69, 9.17) is 4.74 Å². The predicted octanol–water partition coefficient (Wildman–Crippen LogP) is 1.55. The number of aromatic amines is 1. The molecule has 2 heterocycles. The fraction of sp³-hybridized carbons (Fsp3) is 0.611. The number of piperidine rings is 1. The summed E-state index contributed by atoms with van der Waals surface area (Å²) in [5.41, 5.74) is 2.03. The summed E-state index contributed by atoms with van der Waals surface area (Å²) in [5.74, 6) is -0.727. The number of H-pyrrole nitrogens is 1. The molecule has 0 radical (unpaired) electrons. The van der Waals surface area contributed by atoms with Crippen LogP contribution in [0, 0.1) is 19.8 Å². The molecule has 0 aromatic carbocycles. The standard InChI is InChI=1S/C18H25N3O4/c1-10-14(18(24)25-3)11(2)19-15(10)17(23)21-8-4-5-12(9-21)16(22)20-13-6-7-13/h12-13,19H,4-9H2,1-3H3,(H,20,22). The number of nitrogens with one attached hydrogen (secondary N) is 2. The molecule has 1 aromatic rings. The van der Waals surface area contributed by atoms with Gasteiger partial charge in [0.15, 0.2) is 0 Å². The molecular formula is C18H25N3O4. The zero-order valence-electron chi connectivity index (χ0n) is 15.0. The van der Waals surface area contributed by atoms with Gasteiger partial charge in [-0.1, -0.05) is 0 Å². The summed E-state index contributed by atoms with van der Waals surface area (Å²) in [5, 5.41) is 3.02. The highest BCUT2D eigenvalue weighted by Crippen LogP contribution is 2.25. The number of nitrogens with zero attached hydrogens (tertiary/aromatic N) is 1. The summed E-state index contributed by atoms with van der Waals surface area (Å²) in [6.07, 6.45) is 3.71. The minimum atomic E-state index is -0.453. The quantitative estimate of drug-likeness (QED) is 0.809. The summed E-state index contributed by atoms with van der Waals surface area (Å²) in [7, 11) is 1.32. The van der Waals surface area contributed by atoms with Gasteiger partial charge in [-0.05, 0) is 45.1 Å². The first-order valence-electron chi connectivity index (χ1n) is 8.79. The zero-order valence-corrected chi connectivity index (χ0v) is 15.0. The van der Waals surface area contributed by atoms with Crippen molar-refractivity contribution >= 4 is 17.8 Å². The van der Waals surface area contributed by atoms with Gasteiger partial charge in [-0.2, -0.15) is 0 Å². The molecule has 3 rings (SSSR count). The Balaban J connectivity index is 1.74. The number of amides is 2. The fourth-order valence-corrected chi connectivity index (χ4v) is 3.45. The van der Waals surface area contributed by atoms with Crippen LogP contribution in [-0.4, -0.2) is 53.9 Å². The van der Waals surface area contributed by atoms with E-state index < -0.39 is 5.97 Å². The molecule has 1 aromatic heterocycles. The average molecular weight is 347 g/mol. The van der Waals surface area contributed by atoms with Crippen molar-refractivity contribution in [3.63, 3.8) is 0 Å². The van der Waals surface area contributed by atoms with Gasteiger partial charge >= 0.3 is 5.97 Å². The number of ether oxygens (including phenoxy) is 1. The number of rotatable bonds is 4. The lowest BCUT2D eigenvalue weighted by molar-refractivity contribution is -0.126. The maximum absolute atomic E-state index is 12.9. The highest BCUT2D eigenvalue weighted by atomic mass is 16.5. The number of likely N-dealkylation sites (tertiary alicyclic amines) is 1. The van der Waals surface area contributed by atoms with Crippen molar-refractivity contribution in [2.45, 2.75) is 45.6 Å². The van der Waals surface area contributed by atoms with Crippen LogP contribution in [0.5, 0.6) is 0 Å². The van der Waals surface area contributed by atoms with Crippen molar-refractivity contribution in [2.75, 3.05) is 20.2 Å². The first kappa shape index (κ1) is 17.5. The number of carbonyl (C=O) groups is 3. The Kier molecular flexibility index (Phi) is 4.83. The lowest BCUT2D eigenvalue weighted by Gasteiger charge is -2.32. The van der Waals surface area contributed by atoms with Crippen molar-refractivity contribution < 1.29 is 19.1 Å². The van der Waals surface area contributed by atoms with Crippen LogP contribution in [0.3, 0.4) is 0 Å². The van der Waals surface area contributed by atoms with Gasteiger partial charge in [0.2, 0.25) is 5.91 Å². The van der Waals surface area contributed by atoms with Crippen LogP contribution in [0.25, 0.3) is 0 Å². The van der Waals surface area contributed by atoms with Gasteiger partial charge in [0, 0.05) is 24.8 Å². The van der Waals surface area contributed by atoms with Crippen molar-refractivity contribution in [1.82, 2.24) is 15.2 Å². The van der Waals surface area contributed by atoms with Crippen molar-refractivity contribution in [2.24, 2.45) is 5.92 Å². The number of esters is 1. The van der Waals surface area contributed by atoms with Crippen LogP contribution in [0.2, 0.25) is 0 Å². The number of hydrogen-bond acceptors (Lipinski definition) is 4. The second kappa shape index (κ2) is 6.90. The molecule has 1 aliphatic carbocycles. The fourth-order valence-electron chi connectivity index (χ4n) is 3.45. The van der Waals surface area contributed by atoms with E-state index in [1.54, 1.807) is 18.7 Å². The molecular weight excluding hydrogens is 322 g/mol. The Morgan fingerprint density at radius 3 is 2.56 bits per heavy atom. The van der Waals surface area contributed by atoms with Gasteiger partial charge in [-0.3, -0.25) is 9.59 Å². The molecule has 7 heteroatoms. The largest absolute Gasteiger partial charge is 0.465 e.